The number of carbonyl (C=O) groups is 2. The van der Waals surface area contributed by atoms with E-state index in [9.17, 15) is 9.59 Å². The fraction of sp³-hybridized carbons (Fsp3) is 0.545. The highest BCUT2D eigenvalue weighted by molar-refractivity contribution is 7.17. The van der Waals surface area contributed by atoms with Gasteiger partial charge in [0.2, 0.25) is 5.91 Å². The lowest BCUT2D eigenvalue weighted by molar-refractivity contribution is -0.115. The number of hydrogen-bond acceptors (Lipinski definition) is 4. The molecule has 94 valence electrons. The van der Waals surface area contributed by atoms with Crippen molar-refractivity contribution in [3.05, 3.63) is 10.6 Å². The molecule has 1 rings (SSSR count). The van der Waals surface area contributed by atoms with Gasteiger partial charge in [-0.1, -0.05) is 31.6 Å². The van der Waals surface area contributed by atoms with Crippen molar-refractivity contribution in [3.8, 4) is 0 Å². The molecule has 17 heavy (non-hydrogen) atoms. The predicted octanol–water partition coefficient (Wildman–Crippen LogP) is 2.53. The Bertz CT molecular complexity index is 415. The summed E-state index contributed by atoms with van der Waals surface area (Å²) in [5.41, 5.74) is 0.566. The summed E-state index contributed by atoms with van der Waals surface area (Å²) in [6.45, 7) is 3.77. The van der Waals surface area contributed by atoms with Crippen molar-refractivity contribution in [2.45, 2.75) is 39.5 Å². The normalized spacial score (nSPS) is 10.2. The third kappa shape index (κ3) is 3.81. The van der Waals surface area contributed by atoms with Gasteiger partial charge in [-0.15, -0.1) is 0 Å². The van der Waals surface area contributed by atoms with Gasteiger partial charge in [-0.3, -0.25) is 4.79 Å². The zero-order valence-electron chi connectivity index (χ0n) is 9.95. The smallest absolute Gasteiger partial charge is 0.347 e. The molecule has 0 aliphatic heterocycles. The highest BCUT2D eigenvalue weighted by Crippen LogP contribution is 2.24. The molecule has 0 saturated heterocycles. The van der Waals surface area contributed by atoms with Gasteiger partial charge in [-0.25, -0.2) is 9.78 Å². The zero-order chi connectivity index (χ0) is 12.8. The van der Waals surface area contributed by atoms with Crippen LogP contribution in [-0.2, 0) is 11.2 Å². The predicted molar refractivity (Wildman–Crippen MR) is 66.6 cm³/mol. The molecule has 0 aliphatic carbocycles. The Morgan fingerprint density at radius 1 is 1.41 bits per heavy atom. The van der Waals surface area contributed by atoms with Crippen LogP contribution in [0.2, 0.25) is 0 Å². The van der Waals surface area contributed by atoms with Crippen molar-refractivity contribution in [2.75, 3.05) is 5.32 Å². The number of nitrogens with zero attached hydrogens (tertiary/aromatic N) is 1. The van der Waals surface area contributed by atoms with Gasteiger partial charge in [0.25, 0.3) is 0 Å². The Morgan fingerprint density at radius 2 is 2.12 bits per heavy atom. The summed E-state index contributed by atoms with van der Waals surface area (Å²) < 4.78 is 0. The summed E-state index contributed by atoms with van der Waals surface area (Å²) in [5.74, 6) is -1.14. The number of aromatic nitrogens is 1. The second-order valence-corrected chi connectivity index (χ2v) is 4.60. The van der Waals surface area contributed by atoms with Gasteiger partial charge in [0, 0.05) is 6.42 Å². The molecule has 6 heteroatoms. The maximum Gasteiger partial charge on any atom is 0.347 e. The van der Waals surface area contributed by atoms with Crippen LogP contribution in [0.15, 0.2) is 0 Å². The molecule has 2 N–H and O–H groups in total. The molecular weight excluding hydrogens is 240 g/mol. The molecular formula is C11H16N2O3S. The summed E-state index contributed by atoms with van der Waals surface area (Å²) in [6, 6.07) is 0. The summed E-state index contributed by atoms with van der Waals surface area (Å²) in [4.78, 5) is 26.6. The first kappa shape index (κ1) is 13.6. The number of unbranched alkanes of at least 4 members (excludes halogenated alkanes) is 1. The number of hydrogen-bond donors (Lipinski definition) is 2. The van der Waals surface area contributed by atoms with Gasteiger partial charge in [0.15, 0.2) is 5.13 Å². The first-order valence-corrected chi connectivity index (χ1v) is 6.43. The maximum absolute atomic E-state index is 11.2. The largest absolute Gasteiger partial charge is 0.477 e. The van der Waals surface area contributed by atoms with Crippen LogP contribution in [0.25, 0.3) is 0 Å². The topological polar surface area (TPSA) is 79.3 Å². The number of anilines is 1. The van der Waals surface area contributed by atoms with Gasteiger partial charge >= 0.3 is 5.97 Å². The molecule has 0 radical (unpaired) electrons. The van der Waals surface area contributed by atoms with Crippen LogP contribution in [0.3, 0.4) is 0 Å². The standard InChI is InChI=1S/C11H16N2O3S/c1-3-5-6-7-9(10(15)16)17-11(12-7)13-8(14)4-2/h3-6H2,1-2H3,(H,15,16)(H,12,13,14). The molecule has 1 amide bonds. The highest BCUT2D eigenvalue weighted by atomic mass is 32.1. The van der Waals surface area contributed by atoms with E-state index in [4.69, 9.17) is 5.11 Å². The summed E-state index contributed by atoms with van der Waals surface area (Å²) >= 11 is 1.02. The molecule has 0 spiro atoms. The second kappa shape index (κ2) is 6.34. The van der Waals surface area contributed by atoms with Crippen LogP contribution in [0.1, 0.15) is 48.5 Å². The van der Waals surface area contributed by atoms with E-state index in [0.717, 1.165) is 24.2 Å². The Labute approximate surface area is 104 Å². The number of aryl methyl sites for hydroxylation is 1. The van der Waals surface area contributed by atoms with Crippen molar-refractivity contribution < 1.29 is 14.7 Å². The summed E-state index contributed by atoms with van der Waals surface area (Å²) in [5, 5.41) is 12.0. The average Bonchev–Trinajstić information content (AvgIpc) is 2.69. The van der Waals surface area contributed by atoms with Gasteiger partial charge in [0.1, 0.15) is 4.88 Å². The summed E-state index contributed by atoms with van der Waals surface area (Å²) in [7, 11) is 0. The SMILES string of the molecule is CCCCc1nc(NC(=O)CC)sc1C(=O)O. The molecule has 1 aromatic heterocycles. The molecule has 0 bridgehead atoms. The van der Waals surface area contributed by atoms with Crippen molar-refractivity contribution in [3.63, 3.8) is 0 Å². The molecule has 0 fully saturated rings. The average molecular weight is 256 g/mol. The monoisotopic (exact) mass is 256 g/mol. The molecule has 1 heterocycles. The van der Waals surface area contributed by atoms with Gasteiger partial charge in [-0.2, -0.15) is 0 Å². The number of amides is 1. The number of nitrogens with one attached hydrogen (secondary N) is 1. The minimum absolute atomic E-state index is 0.155. The van der Waals surface area contributed by atoms with Crippen LogP contribution in [0, 0.1) is 0 Å². The first-order valence-electron chi connectivity index (χ1n) is 5.61. The number of thiazole rings is 1. The van der Waals surface area contributed by atoms with E-state index in [1.165, 1.54) is 0 Å². The lowest BCUT2D eigenvalue weighted by atomic mass is 10.2. The van der Waals surface area contributed by atoms with E-state index in [1.807, 2.05) is 6.92 Å². The zero-order valence-corrected chi connectivity index (χ0v) is 10.8. The van der Waals surface area contributed by atoms with E-state index < -0.39 is 5.97 Å². The third-order valence-electron chi connectivity index (χ3n) is 2.23. The van der Waals surface area contributed by atoms with E-state index in [2.05, 4.69) is 10.3 Å². The quantitative estimate of drug-likeness (QED) is 0.819. The Hall–Kier alpha value is -1.43. The Morgan fingerprint density at radius 3 is 2.65 bits per heavy atom. The van der Waals surface area contributed by atoms with E-state index in [1.54, 1.807) is 6.92 Å². The molecule has 0 unspecified atom stereocenters. The third-order valence-corrected chi connectivity index (χ3v) is 3.23. The number of carboxylic acid groups (broad SMARTS) is 1. The fourth-order valence-electron chi connectivity index (χ4n) is 1.29. The van der Waals surface area contributed by atoms with Gasteiger partial charge in [0.05, 0.1) is 5.69 Å². The molecule has 5 nitrogen and oxygen atoms in total. The molecule has 0 saturated carbocycles. The molecule has 0 atom stereocenters. The lowest BCUT2D eigenvalue weighted by Gasteiger charge is -1.96. The highest BCUT2D eigenvalue weighted by Gasteiger charge is 2.17. The van der Waals surface area contributed by atoms with Crippen molar-refractivity contribution >= 4 is 28.3 Å². The Balaban J connectivity index is 2.87. The van der Waals surface area contributed by atoms with Crippen molar-refractivity contribution in [2.24, 2.45) is 0 Å². The van der Waals surface area contributed by atoms with Gasteiger partial charge in [-0.05, 0) is 12.8 Å². The minimum atomic E-state index is -0.981. The van der Waals surface area contributed by atoms with Crippen LogP contribution in [0.5, 0.6) is 0 Å². The van der Waals surface area contributed by atoms with Crippen LogP contribution in [0.4, 0.5) is 5.13 Å². The fourth-order valence-corrected chi connectivity index (χ4v) is 2.16. The molecule has 1 aromatic rings. The first-order chi connectivity index (χ1) is 8.08. The maximum atomic E-state index is 11.2. The molecule has 0 aromatic carbocycles. The minimum Gasteiger partial charge on any atom is -0.477 e. The van der Waals surface area contributed by atoms with E-state index in [0.29, 0.717) is 23.7 Å². The van der Waals surface area contributed by atoms with E-state index in [-0.39, 0.29) is 10.8 Å². The van der Waals surface area contributed by atoms with Crippen LogP contribution in [-0.4, -0.2) is 22.0 Å². The van der Waals surface area contributed by atoms with Crippen LogP contribution < -0.4 is 5.32 Å². The number of rotatable bonds is 6. The summed E-state index contributed by atoms with van der Waals surface area (Å²) in [6.07, 6.45) is 2.86. The van der Waals surface area contributed by atoms with Crippen molar-refractivity contribution in [1.29, 1.82) is 0 Å². The van der Waals surface area contributed by atoms with Gasteiger partial charge < -0.3 is 10.4 Å². The number of carboxylic acids is 1. The van der Waals surface area contributed by atoms with Crippen molar-refractivity contribution in [1.82, 2.24) is 4.98 Å². The second-order valence-electron chi connectivity index (χ2n) is 3.61. The lowest BCUT2D eigenvalue weighted by Crippen LogP contribution is -2.09. The number of carbonyl (C=O) groups excluding carboxylic acids is 1. The number of aromatic carboxylic acids is 1. The molecule has 0 aliphatic rings. The van der Waals surface area contributed by atoms with Crippen LogP contribution >= 0.6 is 11.3 Å². The van der Waals surface area contributed by atoms with E-state index >= 15 is 0 Å². The Kier molecular flexibility index (Phi) is 5.09.